The predicted octanol–water partition coefficient (Wildman–Crippen LogP) is 5.04. The van der Waals surface area contributed by atoms with Crippen molar-refractivity contribution in [2.75, 3.05) is 24.6 Å². The van der Waals surface area contributed by atoms with Gasteiger partial charge in [-0.3, -0.25) is 13.8 Å². The Bertz CT molecular complexity index is 1420. The number of carbonyl (C=O) groups is 1. The molecule has 0 spiro atoms. The fourth-order valence-electron chi connectivity index (χ4n) is 4.04. The van der Waals surface area contributed by atoms with Crippen LogP contribution in [0.3, 0.4) is 0 Å². The molecule has 0 N–H and O–H groups in total. The van der Waals surface area contributed by atoms with Crippen LogP contribution in [0.15, 0.2) is 53.6 Å². The fraction of sp³-hybridized carbons (Fsp3) is 0.333. The molecule has 0 radical (unpaired) electrons. The molecule has 1 aliphatic rings. The van der Waals surface area contributed by atoms with Crippen LogP contribution in [-0.2, 0) is 26.1 Å². The summed E-state index contributed by atoms with van der Waals surface area (Å²) in [6.45, 7) is 4.40. The first kappa shape index (κ1) is 27.5. The highest BCUT2D eigenvalue weighted by molar-refractivity contribution is 7.93. The Kier molecular flexibility index (Phi) is 8.63. The van der Waals surface area contributed by atoms with Gasteiger partial charge in [0.15, 0.2) is 4.90 Å². The maximum atomic E-state index is 14.1. The third-order valence-electron chi connectivity index (χ3n) is 6.02. The van der Waals surface area contributed by atoms with Gasteiger partial charge in [0.25, 0.3) is 15.9 Å². The van der Waals surface area contributed by atoms with Gasteiger partial charge in [0.1, 0.15) is 11.9 Å². The van der Waals surface area contributed by atoms with Crippen molar-refractivity contribution in [1.82, 2.24) is 9.78 Å². The number of carbonyl (C=O) groups excluding carboxylic acids is 1. The highest BCUT2D eigenvalue weighted by Crippen LogP contribution is 2.40. The summed E-state index contributed by atoms with van der Waals surface area (Å²) in [6.07, 6.45) is 5.12. The van der Waals surface area contributed by atoms with Crippen LogP contribution in [0.1, 0.15) is 37.8 Å². The summed E-state index contributed by atoms with van der Waals surface area (Å²) in [5.74, 6) is 0.0609. The number of aromatic nitrogens is 2. The van der Waals surface area contributed by atoms with Crippen molar-refractivity contribution in [1.29, 1.82) is 0 Å². The average Bonchev–Trinajstić information content (AvgIpc) is 3.35. The third-order valence-corrected chi connectivity index (χ3v) is 8.03. The Balaban J connectivity index is 1.73. The van der Waals surface area contributed by atoms with Gasteiger partial charge in [-0.1, -0.05) is 42.0 Å². The van der Waals surface area contributed by atoms with Gasteiger partial charge in [-0.15, -0.1) is 5.10 Å². The molecule has 2 heterocycles. The largest absolute Gasteiger partial charge is 0.486 e. The Morgan fingerprint density at radius 2 is 1.87 bits per heavy atom. The molecule has 1 aromatic heterocycles. The van der Waals surface area contributed by atoms with Gasteiger partial charge in [-0.05, 0) is 55.7 Å². The zero-order valence-corrected chi connectivity index (χ0v) is 23.0. The molecule has 9 nitrogen and oxygen atoms in total. The van der Waals surface area contributed by atoms with E-state index in [4.69, 9.17) is 25.8 Å². The first-order valence-corrected chi connectivity index (χ1v) is 14.1. The van der Waals surface area contributed by atoms with Crippen molar-refractivity contribution in [3.63, 3.8) is 0 Å². The van der Waals surface area contributed by atoms with Crippen molar-refractivity contribution in [3.8, 4) is 11.6 Å². The number of sulfonamides is 1. The molecule has 0 saturated carbocycles. The number of esters is 1. The van der Waals surface area contributed by atoms with E-state index in [9.17, 15) is 13.2 Å². The highest BCUT2D eigenvalue weighted by atomic mass is 35.5. The van der Waals surface area contributed by atoms with E-state index in [1.165, 1.54) is 22.3 Å². The smallest absolute Gasteiger partial charge is 0.305 e. The van der Waals surface area contributed by atoms with Crippen LogP contribution >= 0.6 is 11.6 Å². The SMILES string of the molecule is CCOc1nn(CC)cc1S(=O)(=O)N1C[C@H](CCC(=O)OC)Oc2ccc(/C=C/c3ccc(Cl)cc3)cc21. The molecule has 1 atom stereocenters. The molecule has 0 aliphatic carbocycles. The lowest BCUT2D eigenvalue weighted by molar-refractivity contribution is -0.141. The number of halogens is 1. The summed E-state index contributed by atoms with van der Waals surface area (Å²) in [4.78, 5) is 11.7. The summed E-state index contributed by atoms with van der Waals surface area (Å²) in [5.41, 5.74) is 2.12. The number of hydrogen-bond donors (Lipinski definition) is 0. The molecule has 0 amide bonds. The van der Waals surface area contributed by atoms with E-state index in [1.807, 2.05) is 37.3 Å². The van der Waals surface area contributed by atoms with Crippen LogP contribution in [0.25, 0.3) is 12.2 Å². The van der Waals surface area contributed by atoms with Crippen molar-refractivity contribution in [2.45, 2.75) is 44.2 Å². The van der Waals surface area contributed by atoms with E-state index in [1.54, 1.807) is 31.2 Å². The number of anilines is 1. The van der Waals surface area contributed by atoms with Crippen LogP contribution in [0, 0.1) is 0 Å². The van der Waals surface area contributed by atoms with E-state index in [-0.39, 0.29) is 36.3 Å². The summed E-state index contributed by atoms with van der Waals surface area (Å²) in [5, 5.41) is 4.93. The minimum atomic E-state index is -4.09. The Morgan fingerprint density at radius 3 is 2.55 bits per heavy atom. The molecular weight excluding hydrogens is 530 g/mol. The van der Waals surface area contributed by atoms with E-state index < -0.39 is 16.1 Å². The number of fused-ring (bicyclic) bond motifs is 1. The topological polar surface area (TPSA) is 100.0 Å². The van der Waals surface area contributed by atoms with Crippen molar-refractivity contribution in [3.05, 3.63) is 64.8 Å². The second-order valence-electron chi connectivity index (χ2n) is 8.59. The first-order chi connectivity index (χ1) is 18.2. The van der Waals surface area contributed by atoms with Gasteiger partial charge >= 0.3 is 5.97 Å². The molecule has 1 aliphatic heterocycles. The lowest BCUT2D eigenvalue weighted by Gasteiger charge is -2.35. The normalized spacial score (nSPS) is 15.3. The van der Waals surface area contributed by atoms with Crippen molar-refractivity contribution in [2.24, 2.45) is 0 Å². The van der Waals surface area contributed by atoms with E-state index >= 15 is 0 Å². The molecule has 0 unspecified atom stereocenters. The molecular formula is C27H30ClN3O6S. The second-order valence-corrected chi connectivity index (χ2v) is 10.9. The molecule has 0 bridgehead atoms. The van der Waals surface area contributed by atoms with Gasteiger partial charge in [0.2, 0.25) is 0 Å². The van der Waals surface area contributed by atoms with Crippen LogP contribution in [0.5, 0.6) is 11.6 Å². The molecule has 38 heavy (non-hydrogen) atoms. The molecule has 2 aromatic carbocycles. The first-order valence-electron chi connectivity index (χ1n) is 12.3. The number of methoxy groups -OCH3 is 1. The van der Waals surface area contributed by atoms with Gasteiger partial charge < -0.3 is 14.2 Å². The van der Waals surface area contributed by atoms with Crippen molar-refractivity contribution < 1.29 is 27.4 Å². The van der Waals surface area contributed by atoms with Gasteiger partial charge in [0.05, 0.1) is 25.9 Å². The number of ether oxygens (including phenoxy) is 3. The Hall–Kier alpha value is -3.50. The van der Waals surface area contributed by atoms with Crippen molar-refractivity contribution >= 4 is 45.4 Å². The molecule has 4 rings (SSSR count). The monoisotopic (exact) mass is 559 g/mol. The van der Waals surface area contributed by atoms with Gasteiger partial charge in [-0.2, -0.15) is 0 Å². The lowest BCUT2D eigenvalue weighted by Crippen LogP contribution is -2.43. The Morgan fingerprint density at radius 1 is 1.16 bits per heavy atom. The molecule has 11 heteroatoms. The zero-order valence-electron chi connectivity index (χ0n) is 21.5. The molecule has 0 fully saturated rings. The molecule has 3 aromatic rings. The number of rotatable bonds is 10. The summed E-state index contributed by atoms with van der Waals surface area (Å²) in [6, 6.07) is 12.7. The average molecular weight is 560 g/mol. The number of benzene rings is 2. The summed E-state index contributed by atoms with van der Waals surface area (Å²) < 4.78 is 47.4. The van der Waals surface area contributed by atoms with Crippen LogP contribution < -0.4 is 13.8 Å². The highest BCUT2D eigenvalue weighted by Gasteiger charge is 2.37. The number of aryl methyl sites for hydroxylation is 1. The maximum absolute atomic E-state index is 14.1. The van der Waals surface area contributed by atoms with Gasteiger partial charge in [0, 0.05) is 24.2 Å². The minimum Gasteiger partial charge on any atom is -0.486 e. The number of hydrogen-bond acceptors (Lipinski definition) is 7. The quantitative estimate of drug-likeness (QED) is 0.253. The van der Waals surface area contributed by atoms with Gasteiger partial charge in [-0.25, -0.2) is 8.42 Å². The van der Waals surface area contributed by atoms with Crippen LogP contribution in [0.2, 0.25) is 5.02 Å². The lowest BCUT2D eigenvalue weighted by atomic mass is 10.1. The Labute approximate surface area is 227 Å². The number of nitrogens with zero attached hydrogens (tertiary/aromatic N) is 3. The summed E-state index contributed by atoms with van der Waals surface area (Å²) >= 11 is 5.98. The molecule has 202 valence electrons. The summed E-state index contributed by atoms with van der Waals surface area (Å²) in [7, 11) is -2.78. The standard InChI is InChI=1S/C27H30ClN3O6S/c1-4-30-18-25(27(29-30)36-5-2)38(33,34)31-17-22(13-15-26(32)35-3)37-24-14-10-20(16-23(24)31)7-6-19-8-11-21(28)12-9-19/h6-12,14,16,18,22H,4-5,13,15,17H2,1-3H3/b7-6+/t22-/m0/s1. The predicted molar refractivity (Wildman–Crippen MR) is 146 cm³/mol. The van der Waals surface area contributed by atoms with Crippen LogP contribution in [-0.4, -0.2) is 50.5 Å². The second kappa shape index (κ2) is 11.9. The van der Waals surface area contributed by atoms with Crippen LogP contribution in [0.4, 0.5) is 5.69 Å². The minimum absolute atomic E-state index is 0.0134. The maximum Gasteiger partial charge on any atom is 0.305 e. The van der Waals surface area contributed by atoms with E-state index in [0.29, 0.717) is 29.4 Å². The molecule has 0 saturated heterocycles. The van der Waals surface area contributed by atoms with E-state index in [2.05, 4.69) is 5.10 Å². The third kappa shape index (κ3) is 6.14. The fourth-order valence-corrected chi connectivity index (χ4v) is 5.74. The van der Waals surface area contributed by atoms with E-state index in [0.717, 1.165) is 11.1 Å². The zero-order chi connectivity index (χ0) is 27.3.